The molecule has 1 aromatic carbocycles. The first kappa shape index (κ1) is 12.9. The van der Waals surface area contributed by atoms with Crippen LogP contribution in [-0.2, 0) is 0 Å². The highest BCUT2D eigenvalue weighted by Crippen LogP contribution is 2.40. The summed E-state index contributed by atoms with van der Waals surface area (Å²) in [6.45, 7) is 5.23. The Morgan fingerprint density at radius 1 is 1.41 bits per heavy atom. The average molecular weight is 266 g/mol. The fourth-order valence-corrected chi connectivity index (χ4v) is 4.38. The number of hydrogen-bond donors (Lipinski definition) is 1. The van der Waals surface area contributed by atoms with Crippen LogP contribution in [-0.4, -0.2) is 16.3 Å². The third-order valence-corrected chi connectivity index (χ3v) is 5.61. The zero-order chi connectivity index (χ0) is 12.3. The van der Waals surface area contributed by atoms with Crippen LogP contribution in [0.2, 0.25) is 0 Å². The third-order valence-electron chi connectivity index (χ3n) is 3.03. The monoisotopic (exact) mass is 266 g/mol. The van der Waals surface area contributed by atoms with Crippen LogP contribution >= 0.6 is 23.1 Å². The van der Waals surface area contributed by atoms with Gasteiger partial charge >= 0.3 is 0 Å². The molecule has 17 heavy (non-hydrogen) atoms. The summed E-state index contributed by atoms with van der Waals surface area (Å²) in [5, 5.41) is 0. The molecule has 1 atom stereocenters. The number of hydrogen-bond acceptors (Lipinski definition) is 4. The number of benzene rings is 1. The van der Waals surface area contributed by atoms with Gasteiger partial charge in [0.15, 0.2) is 4.34 Å². The van der Waals surface area contributed by atoms with E-state index >= 15 is 0 Å². The van der Waals surface area contributed by atoms with Gasteiger partial charge in [0, 0.05) is 4.75 Å². The fraction of sp³-hybridized carbons (Fsp3) is 0.462. The maximum atomic E-state index is 5.69. The molecule has 2 nitrogen and oxygen atoms in total. The highest BCUT2D eigenvalue weighted by molar-refractivity contribution is 8.02. The average Bonchev–Trinajstić information content (AvgIpc) is 2.71. The van der Waals surface area contributed by atoms with Crippen molar-refractivity contribution in [2.24, 2.45) is 5.73 Å². The van der Waals surface area contributed by atoms with Gasteiger partial charge in [-0.05, 0) is 38.4 Å². The van der Waals surface area contributed by atoms with Crippen molar-refractivity contribution in [3.63, 3.8) is 0 Å². The summed E-state index contributed by atoms with van der Waals surface area (Å²) in [5.41, 5.74) is 6.79. The van der Waals surface area contributed by atoms with E-state index in [1.54, 1.807) is 11.3 Å². The molecule has 1 heterocycles. The Morgan fingerprint density at radius 2 is 2.18 bits per heavy atom. The number of para-hydroxylation sites is 1. The summed E-state index contributed by atoms with van der Waals surface area (Å²) < 4.78 is 2.63. The molecule has 0 fully saturated rings. The summed E-state index contributed by atoms with van der Waals surface area (Å²) in [6.07, 6.45) is 2.15. The molecule has 1 aromatic heterocycles. The second kappa shape index (κ2) is 5.38. The Kier molecular flexibility index (Phi) is 4.07. The van der Waals surface area contributed by atoms with E-state index in [9.17, 15) is 0 Å². The minimum Gasteiger partial charge on any atom is -0.330 e. The van der Waals surface area contributed by atoms with E-state index in [0.29, 0.717) is 0 Å². The van der Waals surface area contributed by atoms with Crippen LogP contribution in [0.15, 0.2) is 28.6 Å². The normalized spacial score (nSPS) is 15.0. The lowest BCUT2D eigenvalue weighted by Crippen LogP contribution is -2.22. The Morgan fingerprint density at radius 3 is 2.82 bits per heavy atom. The maximum Gasteiger partial charge on any atom is 0.151 e. The Bertz CT molecular complexity index is 462. The lowest BCUT2D eigenvalue weighted by Gasteiger charge is -2.25. The molecule has 2 rings (SSSR count). The smallest absolute Gasteiger partial charge is 0.151 e. The van der Waals surface area contributed by atoms with Gasteiger partial charge < -0.3 is 5.73 Å². The van der Waals surface area contributed by atoms with Crippen LogP contribution in [0, 0.1) is 0 Å². The molecule has 0 aliphatic heterocycles. The predicted molar refractivity (Wildman–Crippen MR) is 77.8 cm³/mol. The van der Waals surface area contributed by atoms with Crippen LogP contribution in [0.25, 0.3) is 10.2 Å². The third kappa shape index (κ3) is 3.00. The molecule has 2 aromatic rings. The number of thiazole rings is 1. The largest absolute Gasteiger partial charge is 0.330 e. The second-order valence-corrected chi connectivity index (χ2v) is 7.26. The topological polar surface area (TPSA) is 38.9 Å². The molecule has 0 saturated carbocycles. The first-order valence-electron chi connectivity index (χ1n) is 5.91. The highest BCUT2D eigenvalue weighted by atomic mass is 32.2. The van der Waals surface area contributed by atoms with E-state index in [0.717, 1.165) is 29.2 Å². The van der Waals surface area contributed by atoms with Crippen molar-refractivity contribution in [2.75, 3.05) is 6.54 Å². The lowest BCUT2D eigenvalue weighted by atomic mass is 10.0. The van der Waals surface area contributed by atoms with Gasteiger partial charge in [-0.15, -0.1) is 11.3 Å². The van der Waals surface area contributed by atoms with Gasteiger partial charge in [0.25, 0.3) is 0 Å². The molecule has 1 unspecified atom stereocenters. The van der Waals surface area contributed by atoms with Gasteiger partial charge in [-0.3, -0.25) is 0 Å². The fourth-order valence-electron chi connectivity index (χ4n) is 1.71. The molecule has 0 aliphatic carbocycles. The minimum atomic E-state index is 0.211. The Labute approximate surface area is 111 Å². The van der Waals surface area contributed by atoms with Crippen LogP contribution in [0.4, 0.5) is 0 Å². The lowest BCUT2D eigenvalue weighted by molar-refractivity contribution is 0.576. The molecule has 0 amide bonds. The molecule has 2 N–H and O–H groups in total. The summed E-state index contributed by atoms with van der Waals surface area (Å²) in [6, 6.07) is 8.30. The molecular formula is C13H18N2S2. The summed E-state index contributed by atoms with van der Waals surface area (Å²) in [4.78, 5) is 4.67. The zero-order valence-electron chi connectivity index (χ0n) is 10.3. The molecule has 0 aliphatic rings. The highest BCUT2D eigenvalue weighted by Gasteiger charge is 2.24. The summed E-state index contributed by atoms with van der Waals surface area (Å²) >= 11 is 3.65. The quantitative estimate of drug-likeness (QED) is 0.834. The van der Waals surface area contributed by atoms with Crippen molar-refractivity contribution in [1.29, 1.82) is 0 Å². The van der Waals surface area contributed by atoms with Crippen LogP contribution < -0.4 is 5.73 Å². The van der Waals surface area contributed by atoms with Crippen molar-refractivity contribution in [3.05, 3.63) is 24.3 Å². The van der Waals surface area contributed by atoms with E-state index in [1.165, 1.54) is 4.70 Å². The molecule has 0 radical (unpaired) electrons. The van der Waals surface area contributed by atoms with E-state index in [1.807, 2.05) is 17.8 Å². The predicted octanol–water partition coefficient (Wildman–Crippen LogP) is 3.91. The molecular weight excluding hydrogens is 248 g/mol. The molecule has 4 heteroatoms. The van der Waals surface area contributed by atoms with E-state index < -0.39 is 0 Å². The van der Waals surface area contributed by atoms with E-state index in [4.69, 9.17) is 5.73 Å². The number of aromatic nitrogens is 1. The maximum absolute atomic E-state index is 5.69. The van der Waals surface area contributed by atoms with Gasteiger partial charge in [0.05, 0.1) is 10.2 Å². The molecule has 92 valence electrons. The van der Waals surface area contributed by atoms with E-state index in [2.05, 4.69) is 37.0 Å². The van der Waals surface area contributed by atoms with Gasteiger partial charge in [-0.25, -0.2) is 4.98 Å². The first-order chi connectivity index (χ1) is 8.17. The number of thioether (sulfide) groups is 1. The van der Waals surface area contributed by atoms with Crippen molar-refractivity contribution < 1.29 is 0 Å². The van der Waals surface area contributed by atoms with Gasteiger partial charge in [-0.1, -0.05) is 30.8 Å². The van der Waals surface area contributed by atoms with Crippen molar-refractivity contribution in [1.82, 2.24) is 4.98 Å². The minimum absolute atomic E-state index is 0.211. The van der Waals surface area contributed by atoms with Gasteiger partial charge in [0.1, 0.15) is 0 Å². The zero-order valence-corrected chi connectivity index (χ0v) is 11.9. The van der Waals surface area contributed by atoms with Gasteiger partial charge in [-0.2, -0.15) is 0 Å². The second-order valence-electron chi connectivity index (χ2n) is 4.39. The Hall–Kier alpha value is -0.580. The van der Waals surface area contributed by atoms with Crippen molar-refractivity contribution >= 4 is 33.3 Å². The standard InChI is InChI=1S/C13H18N2S2/c1-3-13(2,8-9-14)17-12-15-10-6-4-5-7-11(10)16-12/h4-7H,3,8-9,14H2,1-2H3. The first-order valence-corrected chi connectivity index (χ1v) is 7.55. The van der Waals surface area contributed by atoms with Crippen LogP contribution in [0.5, 0.6) is 0 Å². The summed E-state index contributed by atoms with van der Waals surface area (Å²) in [5.74, 6) is 0. The molecule has 0 spiro atoms. The summed E-state index contributed by atoms with van der Waals surface area (Å²) in [7, 11) is 0. The number of fused-ring (bicyclic) bond motifs is 1. The van der Waals surface area contributed by atoms with Gasteiger partial charge in [0.2, 0.25) is 0 Å². The molecule has 0 saturated heterocycles. The number of rotatable bonds is 5. The van der Waals surface area contributed by atoms with Crippen molar-refractivity contribution in [3.8, 4) is 0 Å². The van der Waals surface area contributed by atoms with Crippen LogP contribution in [0.3, 0.4) is 0 Å². The number of nitrogens with zero attached hydrogens (tertiary/aromatic N) is 1. The molecule has 0 bridgehead atoms. The van der Waals surface area contributed by atoms with E-state index in [-0.39, 0.29) is 4.75 Å². The van der Waals surface area contributed by atoms with Crippen LogP contribution in [0.1, 0.15) is 26.7 Å². The Balaban J connectivity index is 2.22. The number of nitrogens with two attached hydrogens (primary N) is 1. The SMILES string of the molecule is CCC(C)(CCN)Sc1nc2ccccc2s1. The van der Waals surface area contributed by atoms with Crippen molar-refractivity contribution in [2.45, 2.75) is 35.8 Å².